The van der Waals surface area contributed by atoms with Crippen LogP contribution in [0.2, 0.25) is 0 Å². The Morgan fingerprint density at radius 3 is 1.83 bits per heavy atom. The van der Waals surface area contributed by atoms with E-state index in [1.54, 1.807) is 0 Å². The van der Waals surface area contributed by atoms with E-state index >= 15 is 0 Å². The predicted molar refractivity (Wildman–Crippen MR) is 265 cm³/mol. The Morgan fingerprint density at radius 2 is 1.08 bits per heavy atom. The summed E-state index contributed by atoms with van der Waals surface area (Å²) in [6.45, 7) is 0. The van der Waals surface area contributed by atoms with Gasteiger partial charge in [0, 0.05) is 45.4 Å². The van der Waals surface area contributed by atoms with Crippen molar-refractivity contribution < 1.29 is 0 Å². The molecule has 0 bridgehead atoms. The first kappa shape index (κ1) is 37.1. The first-order chi connectivity index (χ1) is 31.3. The molecule has 9 aromatic rings. The van der Waals surface area contributed by atoms with E-state index in [1.807, 2.05) is 0 Å². The van der Waals surface area contributed by atoms with Gasteiger partial charge in [-0.3, -0.25) is 0 Å². The molecule has 0 saturated heterocycles. The van der Waals surface area contributed by atoms with Crippen molar-refractivity contribution in [2.75, 3.05) is 4.90 Å². The van der Waals surface area contributed by atoms with Crippen LogP contribution in [0, 0.1) is 5.92 Å². The van der Waals surface area contributed by atoms with E-state index in [-0.39, 0.29) is 11.3 Å². The molecule has 63 heavy (non-hydrogen) atoms. The molecule has 0 amide bonds. The van der Waals surface area contributed by atoms with Gasteiger partial charge < -0.3 is 9.47 Å². The highest BCUT2D eigenvalue weighted by Gasteiger charge is 2.53. The molecule has 8 aromatic carbocycles. The summed E-state index contributed by atoms with van der Waals surface area (Å²) in [5.74, 6) is 0.583. The molecule has 3 aliphatic carbocycles. The summed E-state index contributed by atoms with van der Waals surface area (Å²) in [6.07, 6.45) is 18.8. The highest BCUT2D eigenvalue weighted by Crippen LogP contribution is 2.61. The third-order valence-corrected chi connectivity index (χ3v) is 13.8. The standard InChI is InChI=1S/C61H46N2/c1-5-17-47(18-6-1)61(48-19-7-2-8-20-48)57-27-15-13-25-53(57)54-39-38-52(42-58(54)61)62(49-21-9-3-10-22-49)51-36-33-44(34-37-51)43-29-31-45(32-30-43)46-35-40-60-56(41-46)55-26-14-16-28-59(55)63(60)50-23-11-4-12-24-50/h1,3-7,9-42,53,57H,2,8H2. The van der Waals surface area contributed by atoms with Gasteiger partial charge in [-0.1, -0.05) is 176 Å². The van der Waals surface area contributed by atoms with E-state index in [2.05, 4.69) is 252 Å². The maximum atomic E-state index is 2.50. The van der Waals surface area contributed by atoms with Gasteiger partial charge in [0.2, 0.25) is 0 Å². The molecule has 3 aliphatic rings. The molecule has 0 aliphatic heterocycles. The molecule has 300 valence electrons. The second-order valence-electron chi connectivity index (χ2n) is 17.1. The maximum Gasteiger partial charge on any atom is 0.0541 e. The van der Waals surface area contributed by atoms with Crippen LogP contribution in [-0.4, -0.2) is 4.57 Å². The maximum absolute atomic E-state index is 2.50. The van der Waals surface area contributed by atoms with Crippen LogP contribution in [0.1, 0.15) is 35.4 Å². The Balaban J connectivity index is 0.907. The van der Waals surface area contributed by atoms with Crippen LogP contribution in [-0.2, 0) is 5.41 Å². The lowest BCUT2D eigenvalue weighted by atomic mass is 9.62. The quantitative estimate of drug-likeness (QED) is 0.148. The van der Waals surface area contributed by atoms with Crippen molar-refractivity contribution in [3.8, 4) is 27.9 Å². The number of aromatic nitrogens is 1. The zero-order valence-electron chi connectivity index (χ0n) is 35.1. The average Bonchev–Trinajstić information content (AvgIpc) is 3.86. The Kier molecular flexibility index (Phi) is 9.04. The van der Waals surface area contributed by atoms with Crippen molar-refractivity contribution in [2.24, 2.45) is 5.92 Å². The minimum absolute atomic E-state index is 0.282. The van der Waals surface area contributed by atoms with Crippen LogP contribution in [0.15, 0.2) is 248 Å². The molecule has 2 heteroatoms. The molecule has 0 saturated carbocycles. The molecule has 3 atom stereocenters. The SMILES string of the molecule is C1=CC2c3ccc(N(c4ccccc4)c4ccc(-c5ccc(-c6ccc7c(c6)c6ccccc6n7-c6ccccc6)cc5)cc4)cc3C(C3=CCCC=C3)(c3ccccc3)C2C=C1. The van der Waals surface area contributed by atoms with E-state index in [0.29, 0.717) is 5.92 Å². The molecule has 0 fully saturated rings. The molecule has 12 rings (SSSR count). The summed E-state index contributed by atoms with van der Waals surface area (Å²) in [5.41, 5.74) is 17.1. The summed E-state index contributed by atoms with van der Waals surface area (Å²) in [6, 6.07) is 73.8. The van der Waals surface area contributed by atoms with E-state index in [0.717, 1.165) is 29.9 Å². The van der Waals surface area contributed by atoms with Gasteiger partial charge in [-0.25, -0.2) is 0 Å². The minimum Gasteiger partial charge on any atom is -0.310 e. The largest absolute Gasteiger partial charge is 0.310 e. The Hall–Kier alpha value is -7.68. The topological polar surface area (TPSA) is 8.17 Å². The van der Waals surface area contributed by atoms with Gasteiger partial charge in [0.1, 0.15) is 0 Å². The van der Waals surface area contributed by atoms with Gasteiger partial charge in [0.05, 0.1) is 16.4 Å². The van der Waals surface area contributed by atoms with E-state index in [9.17, 15) is 0 Å². The van der Waals surface area contributed by atoms with Crippen LogP contribution < -0.4 is 4.90 Å². The summed E-state index contributed by atoms with van der Waals surface area (Å²) >= 11 is 0. The fourth-order valence-corrected chi connectivity index (χ4v) is 11.0. The highest BCUT2D eigenvalue weighted by atomic mass is 15.1. The lowest BCUT2D eigenvalue weighted by molar-refractivity contribution is 0.453. The van der Waals surface area contributed by atoms with Crippen LogP contribution in [0.25, 0.3) is 49.7 Å². The van der Waals surface area contributed by atoms with E-state index in [1.165, 1.54) is 72.0 Å². The smallest absolute Gasteiger partial charge is 0.0541 e. The molecule has 0 radical (unpaired) electrons. The third kappa shape index (κ3) is 6.09. The molecule has 1 aromatic heterocycles. The van der Waals surface area contributed by atoms with E-state index < -0.39 is 0 Å². The van der Waals surface area contributed by atoms with Gasteiger partial charge in [-0.05, 0) is 124 Å². The fraction of sp³-hybridized carbons (Fsp3) is 0.0820. The molecular weight excluding hydrogens is 761 g/mol. The Labute approximate surface area is 369 Å². The number of fused-ring (bicyclic) bond motifs is 6. The molecular formula is C61H46N2. The monoisotopic (exact) mass is 806 g/mol. The first-order valence-electron chi connectivity index (χ1n) is 22.3. The summed E-state index contributed by atoms with van der Waals surface area (Å²) in [5, 5.41) is 2.53. The second kappa shape index (κ2) is 15.3. The zero-order chi connectivity index (χ0) is 41.7. The highest BCUT2D eigenvalue weighted by molar-refractivity contribution is 6.10. The molecule has 0 N–H and O–H groups in total. The lowest BCUT2D eigenvalue weighted by Crippen LogP contribution is -2.35. The van der Waals surface area contributed by atoms with Crippen molar-refractivity contribution in [3.05, 3.63) is 265 Å². The third-order valence-electron chi connectivity index (χ3n) is 13.8. The van der Waals surface area contributed by atoms with Crippen molar-refractivity contribution in [3.63, 3.8) is 0 Å². The number of nitrogens with zero attached hydrogens (tertiary/aromatic N) is 2. The Morgan fingerprint density at radius 1 is 0.476 bits per heavy atom. The van der Waals surface area contributed by atoms with Gasteiger partial charge in [0.25, 0.3) is 0 Å². The molecule has 2 nitrogen and oxygen atoms in total. The van der Waals surface area contributed by atoms with Crippen LogP contribution in [0.3, 0.4) is 0 Å². The average molecular weight is 807 g/mol. The van der Waals surface area contributed by atoms with Crippen molar-refractivity contribution >= 4 is 38.9 Å². The number of rotatable bonds is 8. The lowest BCUT2D eigenvalue weighted by Gasteiger charge is -2.40. The van der Waals surface area contributed by atoms with Crippen LogP contribution >= 0.6 is 0 Å². The second-order valence-corrected chi connectivity index (χ2v) is 17.1. The predicted octanol–water partition coefficient (Wildman–Crippen LogP) is 16.0. The van der Waals surface area contributed by atoms with Gasteiger partial charge in [-0.2, -0.15) is 0 Å². The van der Waals surface area contributed by atoms with Gasteiger partial charge >= 0.3 is 0 Å². The molecule has 1 heterocycles. The fourth-order valence-electron chi connectivity index (χ4n) is 11.0. The Bertz CT molecular complexity index is 3260. The zero-order valence-corrected chi connectivity index (χ0v) is 35.1. The normalized spacial score (nSPS) is 18.6. The summed E-state index contributed by atoms with van der Waals surface area (Å²) in [4.78, 5) is 2.42. The number of hydrogen-bond donors (Lipinski definition) is 0. The van der Waals surface area contributed by atoms with Crippen LogP contribution in [0.4, 0.5) is 17.1 Å². The van der Waals surface area contributed by atoms with Crippen molar-refractivity contribution in [1.29, 1.82) is 0 Å². The van der Waals surface area contributed by atoms with E-state index in [4.69, 9.17) is 0 Å². The molecule has 0 spiro atoms. The number of allylic oxidation sites excluding steroid dienone is 8. The number of anilines is 3. The number of para-hydroxylation sites is 3. The summed E-state index contributed by atoms with van der Waals surface area (Å²) < 4.78 is 2.37. The molecule has 3 unspecified atom stereocenters. The minimum atomic E-state index is -0.305. The van der Waals surface area contributed by atoms with Crippen LogP contribution in [0.5, 0.6) is 0 Å². The van der Waals surface area contributed by atoms with Crippen molar-refractivity contribution in [1.82, 2.24) is 4.57 Å². The van der Waals surface area contributed by atoms with Gasteiger partial charge in [-0.15, -0.1) is 0 Å². The first-order valence-corrected chi connectivity index (χ1v) is 22.3. The number of hydrogen-bond acceptors (Lipinski definition) is 1. The van der Waals surface area contributed by atoms with Gasteiger partial charge in [0.15, 0.2) is 0 Å². The summed E-state index contributed by atoms with van der Waals surface area (Å²) in [7, 11) is 0. The number of benzene rings is 8. The van der Waals surface area contributed by atoms with Crippen molar-refractivity contribution in [2.45, 2.75) is 24.2 Å².